The van der Waals surface area contributed by atoms with E-state index in [-0.39, 0.29) is 17.3 Å². The van der Waals surface area contributed by atoms with Crippen molar-refractivity contribution in [3.8, 4) is 5.88 Å². The molecule has 32 heavy (non-hydrogen) atoms. The molecule has 0 bridgehead atoms. The molecule has 0 saturated carbocycles. The minimum Gasteiger partial charge on any atom is -0.472 e. The summed E-state index contributed by atoms with van der Waals surface area (Å²) in [6.45, 7) is 7.67. The number of carbonyl (C=O) groups is 1. The van der Waals surface area contributed by atoms with Crippen LogP contribution in [0.1, 0.15) is 45.1 Å². The van der Waals surface area contributed by atoms with Gasteiger partial charge >= 0.3 is 0 Å². The number of halogens is 2. The third-order valence-electron chi connectivity index (χ3n) is 5.36. The van der Waals surface area contributed by atoms with Gasteiger partial charge in [-0.25, -0.2) is 13.1 Å². The quantitative estimate of drug-likeness (QED) is 0.413. The zero-order valence-electron chi connectivity index (χ0n) is 18.5. The Labute approximate surface area is 198 Å². The molecular formula is C23H24Cl2N2O4S. The second-order valence-electron chi connectivity index (χ2n) is 7.63. The lowest BCUT2D eigenvalue weighted by Crippen LogP contribution is -2.12. The number of aryl methyl sites for hydroxylation is 2. The van der Waals surface area contributed by atoms with E-state index in [9.17, 15) is 13.2 Å². The fourth-order valence-electron chi connectivity index (χ4n) is 3.70. The number of hydrogen-bond donors (Lipinski definition) is 0. The van der Waals surface area contributed by atoms with Crippen LogP contribution in [0.15, 0.2) is 35.4 Å². The summed E-state index contributed by atoms with van der Waals surface area (Å²) in [5.41, 5.74) is 3.13. The van der Waals surface area contributed by atoms with E-state index in [2.05, 4.69) is 5.10 Å². The van der Waals surface area contributed by atoms with Gasteiger partial charge in [-0.05, 0) is 62.6 Å². The Morgan fingerprint density at radius 2 is 1.78 bits per heavy atom. The first-order chi connectivity index (χ1) is 15.0. The number of ether oxygens (including phenoxy) is 1. The van der Waals surface area contributed by atoms with Crippen molar-refractivity contribution in [2.75, 3.05) is 6.26 Å². The Hall–Kier alpha value is -2.35. The van der Waals surface area contributed by atoms with Gasteiger partial charge in [0.05, 0.1) is 11.1 Å². The molecule has 1 heterocycles. The lowest BCUT2D eigenvalue weighted by atomic mass is 9.95. The van der Waals surface area contributed by atoms with Crippen molar-refractivity contribution in [2.24, 2.45) is 0 Å². The van der Waals surface area contributed by atoms with E-state index in [0.29, 0.717) is 50.3 Å². The summed E-state index contributed by atoms with van der Waals surface area (Å²) in [4.78, 5) is 13.7. The van der Waals surface area contributed by atoms with Gasteiger partial charge in [0.15, 0.2) is 15.6 Å². The summed E-state index contributed by atoms with van der Waals surface area (Å²) < 4.78 is 32.0. The molecule has 2 aromatic carbocycles. The Morgan fingerprint density at radius 3 is 2.38 bits per heavy atom. The van der Waals surface area contributed by atoms with Crippen molar-refractivity contribution in [3.63, 3.8) is 0 Å². The first-order valence-electron chi connectivity index (χ1n) is 9.93. The van der Waals surface area contributed by atoms with E-state index in [1.54, 1.807) is 49.7 Å². The normalized spacial score (nSPS) is 11.6. The van der Waals surface area contributed by atoms with Gasteiger partial charge in [0.1, 0.15) is 12.2 Å². The second kappa shape index (κ2) is 9.25. The molecule has 0 amide bonds. The molecule has 0 spiro atoms. The van der Waals surface area contributed by atoms with Crippen LogP contribution in [0.5, 0.6) is 5.88 Å². The standard InChI is InChI=1S/C23H24Cl2N2O4S/c1-6-27-23(31-12-16-7-8-17(24)10-20(16)25)19(11-26-27)21(28)18-9-13(2)22(32(5,29)30)15(4)14(18)3/h7-11H,6,12H2,1-5H3. The number of aromatic nitrogens is 2. The van der Waals surface area contributed by atoms with Crippen molar-refractivity contribution in [1.29, 1.82) is 0 Å². The lowest BCUT2D eigenvalue weighted by molar-refractivity contribution is 0.103. The molecule has 0 saturated heterocycles. The summed E-state index contributed by atoms with van der Waals surface area (Å²) in [6, 6.07) is 6.72. The molecule has 0 N–H and O–H groups in total. The summed E-state index contributed by atoms with van der Waals surface area (Å²) in [7, 11) is -3.42. The van der Waals surface area contributed by atoms with E-state index < -0.39 is 9.84 Å². The molecule has 0 fully saturated rings. The van der Waals surface area contributed by atoms with Crippen LogP contribution < -0.4 is 4.74 Å². The van der Waals surface area contributed by atoms with E-state index in [1.807, 2.05) is 6.92 Å². The maximum Gasteiger partial charge on any atom is 0.223 e. The third kappa shape index (κ3) is 4.70. The number of nitrogens with zero attached hydrogens (tertiary/aromatic N) is 2. The predicted octanol–water partition coefficient (Wildman–Crippen LogP) is 5.35. The van der Waals surface area contributed by atoms with Gasteiger partial charge in [-0.2, -0.15) is 5.10 Å². The average Bonchev–Trinajstić information content (AvgIpc) is 3.11. The van der Waals surface area contributed by atoms with Gasteiger partial charge in [0, 0.05) is 34.0 Å². The fourth-order valence-corrected chi connectivity index (χ4v) is 5.52. The Morgan fingerprint density at radius 1 is 1.09 bits per heavy atom. The smallest absolute Gasteiger partial charge is 0.223 e. The summed E-state index contributed by atoms with van der Waals surface area (Å²) in [6.07, 6.45) is 2.64. The topological polar surface area (TPSA) is 78.3 Å². The molecule has 3 aromatic rings. The largest absolute Gasteiger partial charge is 0.472 e. The Balaban J connectivity index is 2.02. The van der Waals surface area contributed by atoms with Gasteiger partial charge in [0.2, 0.25) is 5.88 Å². The van der Waals surface area contributed by atoms with Gasteiger partial charge in [-0.15, -0.1) is 0 Å². The van der Waals surface area contributed by atoms with Crippen molar-refractivity contribution < 1.29 is 17.9 Å². The van der Waals surface area contributed by atoms with Crippen LogP contribution in [0.4, 0.5) is 0 Å². The average molecular weight is 495 g/mol. The van der Waals surface area contributed by atoms with E-state index >= 15 is 0 Å². The SMILES string of the molecule is CCn1ncc(C(=O)c2cc(C)c(S(C)(=O)=O)c(C)c2C)c1OCc1ccc(Cl)cc1Cl. The number of sulfone groups is 1. The fraction of sp³-hybridized carbons (Fsp3) is 0.304. The number of hydrogen-bond acceptors (Lipinski definition) is 5. The maximum absolute atomic E-state index is 13.5. The van der Waals surface area contributed by atoms with Crippen LogP contribution in [0.25, 0.3) is 0 Å². The van der Waals surface area contributed by atoms with Gasteiger partial charge < -0.3 is 4.74 Å². The summed E-state index contributed by atoms with van der Waals surface area (Å²) in [5, 5.41) is 5.27. The van der Waals surface area contributed by atoms with E-state index in [0.717, 1.165) is 5.56 Å². The first kappa shape index (κ1) is 24.3. The second-order valence-corrected chi connectivity index (χ2v) is 10.4. The number of ketones is 1. The molecule has 0 radical (unpaired) electrons. The number of rotatable bonds is 7. The first-order valence-corrected chi connectivity index (χ1v) is 12.6. The van der Waals surface area contributed by atoms with E-state index in [1.165, 1.54) is 12.5 Å². The minimum absolute atomic E-state index is 0.131. The molecule has 3 rings (SSSR count). The highest BCUT2D eigenvalue weighted by Crippen LogP contribution is 2.31. The molecule has 6 nitrogen and oxygen atoms in total. The number of carbonyl (C=O) groups excluding carboxylic acids is 1. The summed E-state index contributed by atoms with van der Waals surface area (Å²) >= 11 is 12.2. The van der Waals surface area contributed by atoms with Crippen molar-refractivity contribution >= 4 is 38.8 Å². The van der Waals surface area contributed by atoms with Gasteiger partial charge in [0.25, 0.3) is 0 Å². The monoisotopic (exact) mass is 494 g/mol. The number of benzene rings is 2. The van der Waals surface area contributed by atoms with Crippen molar-refractivity contribution in [3.05, 3.63) is 73.9 Å². The van der Waals surface area contributed by atoms with Crippen molar-refractivity contribution in [2.45, 2.75) is 45.7 Å². The highest BCUT2D eigenvalue weighted by molar-refractivity contribution is 7.90. The van der Waals surface area contributed by atoms with Gasteiger partial charge in [-0.3, -0.25) is 4.79 Å². The van der Waals surface area contributed by atoms with Crippen LogP contribution in [0.3, 0.4) is 0 Å². The van der Waals surface area contributed by atoms with Crippen molar-refractivity contribution in [1.82, 2.24) is 9.78 Å². The predicted molar refractivity (Wildman–Crippen MR) is 126 cm³/mol. The van der Waals surface area contributed by atoms with Crippen LogP contribution in [-0.2, 0) is 23.0 Å². The highest BCUT2D eigenvalue weighted by atomic mass is 35.5. The third-order valence-corrected chi connectivity index (χ3v) is 7.31. The molecule has 0 aliphatic carbocycles. The zero-order valence-corrected chi connectivity index (χ0v) is 20.8. The molecule has 170 valence electrons. The maximum atomic E-state index is 13.5. The zero-order chi connectivity index (χ0) is 23.8. The van der Waals surface area contributed by atoms with Gasteiger partial charge in [-0.1, -0.05) is 29.3 Å². The molecule has 9 heteroatoms. The summed E-state index contributed by atoms with van der Waals surface area (Å²) in [5.74, 6) is 0.0380. The molecule has 0 aliphatic rings. The van der Waals surface area contributed by atoms with Crippen LogP contribution >= 0.6 is 23.2 Å². The molecular weight excluding hydrogens is 471 g/mol. The van der Waals surface area contributed by atoms with Crippen LogP contribution in [0.2, 0.25) is 10.0 Å². The van der Waals surface area contributed by atoms with Crippen LogP contribution in [0, 0.1) is 20.8 Å². The molecule has 1 aromatic heterocycles. The molecule has 0 aliphatic heterocycles. The lowest BCUT2D eigenvalue weighted by Gasteiger charge is -2.16. The highest BCUT2D eigenvalue weighted by Gasteiger charge is 2.25. The van der Waals surface area contributed by atoms with E-state index in [4.69, 9.17) is 27.9 Å². The molecule has 0 unspecified atom stereocenters. The Bertz CT molecular complexity index is 1310. The van der Waals surface area contributed by atoms with Crippen LogP contribution in [-0.4, -0.2) is 30.2 Å². The minimum atomic E-state index is -3.42. The Kier molecular flexibility index (Phi) is 7.03. The molecule has 0 atom stereocenters.